The molecule has 10 heteroatoms. The number of phosphoric ester groups is 1. The largest absolute Gasteiger partial charge is 0.472 e. The Bertz CT molecular complexity index is 1510. The van der Waals surface area contributed by atoms with Crippen LogP contribution >= 0.6 is 7.82 Å². The molecule has 0 bridgehead atoms. The van der Waals surface area contributed by atoms with Crippen LogP contribution in [0.25, 0.3) is 0 Å². The first-order valence-electron chi connectivity index (χ1n) is 31.3. The quantitative estimate of drug-likeness (QED) is 0.0205. The smallest absolute Gasteiger partial charge is 0.456 e. The van der Waals surface area contributed by atoms with Crippen LogP contribution in [0.3, 0.4) is 0 Å². The summed E-state index contributed by atoms with van der Waals surface area (Å²) in [5, 5.41) is 3.04. The number of phosphoric acid groups is 1. The highest BCUT2D eigenvalue weighted by atomic mass is 31.2. The van der Waals surface area contributed by atoms with Crippen LogP contribution in [0.15, 0.2) is 72.9 Å². The number of carbonyl (C=O) groups is 2. The first-order valence-corrected chi connectivity index (χ1v) is 32.8. The van der Waals surface area contributed by atoms with Crippen LogP contribution in [0, 0.1) is 0 Å². The Morgan fingerprint density at radius 1 is 0.467 bits per heavy atom. The molecule has 0 aliphatic heterocycles. The van der Waals surface area contributed by atoms with Crippen molar-refractivity contribution in [1.29, 1.82) is 0 Å². The molecule has 3 atom stereocenters. The predicted octanol–water partition coefficient (Wildman–Crippen LogP) is 19.2. The van der Waals surface area contributed by atoms with Crippen LogP contribution in [0.4, 0.5) is 0 Å². The fourth-order valence-corrected chi connectivity index (χ4v) is 9.48. The second-order valence-electron chi connectivity index (χ2n) is 22.2. The number of hydrogen-bond acceptors (Lipinski definition) is 6. The summed E-state index contributed by atoms with van der Waals surface area (Å²) in [6, 6.07) is -0.868. The summed E-state index contributed by atoms with van der Waals surface area (Å²) in [6.07, 6.45) is 70.4. The minimum Gasteiger partial charge on any atom is -0.456 e. The van der Waals surface area contributed by atoms with Crippen LogP contribution in [-0.4, -0.2) is 74.3 Å². The molecule has 436 valence electrons. The lowest BCUT2D eigenvalue weighted by molar-refractivity contribution is -0.870. The second-order valence-corrected chi connectivity index (χ2v) is 23.7. The van der Waals surface area contributed by atoms with E-state index in [1.54, 1.807) is 0 Å². The first-order chi connectivity index (χ1) is 36.4. The van der Waals surface area contributed by atoms with E-state index < -0.39 is 20.0 Å². The zero-order valence-electron chi connectivity index (χ0n) is 49.8. The first kappa shape index (κ1) is 72.5. The molecule has 9 nitrogen and oxygen atoms in total. The third-order valence-corrected chi connectivity index (χ3v) is 14.6. The lowest BCUT2D eigenvalue weighted by atomic mass is 10.0. The molecule has 0 aliphatic carbocycles. The van der Waals surface area contributed by atoms with Gasteiger partial charge in [-0.1, -0.05) is 235 Å². The maximum atomic E-state index is 13.5. The van der Waals surface area contributed by atoms with Gasteiger partial charge in [-0.2, -0.15) is 0 Å². The molecule has 0 heterocycles. The molecule has 0 aromatic carbocycles. The van der Waals surface area contributed by atoms with Crippen LogP contribution in [-0.2, 0) is 27.9 Å². The van der Waals surface area contributed by atoms with Crippen molar-refractivity contribution >= 4 is 19.7 Å². The number of allylic oxidation sites excluding steroid dienone is 11. The van der Waals surface area contributed by atoms with Gasteiger partial charge in [0.2, 0.25) is 5.91 Å². The van der Waals surface area contributed by atoms with Gasteiger partial charge in [-0.15, -0.1) is 0 Å². The van der Waals surface area contributed by atoms with Crippen molar-refractivity contribution in [2.24, 2.45) is 0 Å². The van der Waals surface area contributed by atoms with Gasteiger partial charge in [0, 0.05) is 12.8 Å². The number of hydrogen-bond donors (Lipinski definition) is 2. The van der Waals surface area contributed by atoms with Crippen molar-refractivity contribution in [3.05, 3.63) is 72.9 Å². The zero-order chi connectivity index (χ0) is 55.0. The minimum absolute atomic E-state index is 0.0314. The molecule has 0 spiro atoms. The fraction of sp³-hybridized carbons (Fsp3) is 0.785. The molecule has 0 radical (unpaired) electrons. The van der Waals surface area contributed by atoms with E-state index in [2.05, 4.69) is 86.8 Å². The molecule has 2 N–H and O–H groups in total. The van der Waals surface area contributed by atoms with Gasteiger partial charge in [0.25, 0.3) is 0 Å². The molecular formula is C65H120N2O7P+. The van der Waals surface area contributed by atoms with Crippen molar-refractivity contribution in [2.75, 3.05) is 40.9 Å². The highest BCUT2D eigenvalue weighted by Gasteiger charge is 2.30. The zero-order valence-corrected chi connectivity index (χ0v) is 50.7. The molecule has 0 rings (SSSR count). The van der Waals surface area contributed by atoms with E-state index in [9.17, 15) is 19.0 Å². The van der Waals surface area contributed by atoms with Crippen LogP contribution in [0.2, 0.25) is 0 Å². The maximum Gasteiger partial charge on any atom is 0.472 e. The SMILES string of the molecule is CCCCC/C=C\C/C=C\C/C=C\C/C=C\CCCCCC(=O)NC(COP(=O)(O)OCC[N+](C)(C)C)C(/C=C/CCCCCCCCCCC)OC(=O)CCCCCCCCCCC/C=C/CCCCCCCC. The lowest BCUT2D eigenvalue weighted by Crippen LogP contribution is -2.47. The van der Waals surface area contributed by atoms with E-state index in [-0.39, 0.29) is 31.5 Å². The van der Waals surface area contributed by atoms with Crippen molar-refractivity contribution in [1.82, 2.24) is 5.32 Å². The second kappa shape index (κ2) is 54.8. The van der Waals surface area contributed by atoms with E-state index in [0.29, 0.717) is 23.9 Å². The van der Waals surface area contributed by atoms with Gasteiger partial charge in [-0.3, -0.25) is 18.6 Å². The summed E-state index contributed by atoms with van der Waals surface area (Å²) < 4.78 is 30.7. The number of unbranched alkanes of at least 4 members (excludes halogenated alkanes) is 30. The molecular weight excluding hydrogens is 952 g/mol. The number of amides is 1. The molecule has 0 aliphatic rings. The van der Waals surface area contributed by atoms with E-state index in [4.69, 9.17) is 13.8 Å². The third-order valence-electron chi connectivity index (χ3n) is 13.6. The Kier molecular flexibility index (Phi) is 52.9. The lowest BCUT2D eigenvalue weighted by Gasteiger charge is -2.27. The number of carbonyl (C=O) groups excluding carboxylic acids is 2. The Labute approximate surface area is 463 Å². The van der Waals surface area contributed by atoms with Gasteiger partial charge in [0.1, 0.15) is 19.3 Å². The Balaban J connectivity index is 5.28. The number of nitrogens with one attached hydrogen (secondary N) is 1. The molecule has 0 saturated heterocycles. The summed E-state index contributed by atoms with van der Waals surface area (Å²) in [5.41, 5.74) is 0. The van der Waals surface area contributed by atoms with Crippen LogP contribution < -0.4 is 5.32 Å². The average molecular weight is 1070 g/mol. The predicted molar refractivity (Wildman–Crippen MR) is 323 cm³/mol. The standard InChI is InChI=1S/C65H119N2O7P/c1-7-10-13-16-19-22-25-27-29-31-33-35-37-39-42-45-48-51-54-57-64(68)66-62(61-73-75(70,71)72-60-59-67(4,5)6)63(56-53-50-47-44-41-24-21-18-15-12-9-3)74-65(69)58-55-52-49-46-43-40-38-36-34-32-30-28-26-23-20-17-14-11-8-2/h19,22,27-30,33,35,39,42,53,56,62-63H,7-18,20-21,23-26,31-32,34,36-38,40-41,43-52,54-55,57-61H2,1-6H3,(H-,66,68,70,71)/p+1/b22-19-,29-27-,30-28+,35-33-,42-39-,56-53+. The van der Waals surface area contributed by atoms with Gasteiger partial charge in [-0.25, -0.2) is 4.57 Å². The molecule has 0 aromatic heterocycles. The molecule has 3 unspecified atom stereocenters. The van der Waals surface area contributed by atoms with Crippen molar-refractivity contribution < 1.29 is 37.3 Å². The van der Waals surface area contributed by atoms with Crippen LogP contribution in [0.5, 0.6) is 0 Å². The van der Waals surface area contributed by atoms with Gasteiger partial charge >= 0.3 is 13.8 Å². The van der Waals surface area contributed by atoms with Crippen LogP contribution in [0.1, 0.15) is 278 Å². The summed E-state index contributed by atoms with van der Waals surface area (Å²) >= 11 is 0. The van der Waals surface area contributed by atoms with E-state index in [1.807, 2.05) is 33.3 Å². The van der Waals surface area contributed by atoms with Crippen molar-refractivity contribution in [2.45, 2.75) is 290 Å². The normalized spacial score (nSPS) is 14.2. The Morgan fingerprint density at radius 2 is 0.813 bits per heavy atom. The maximum absolute atomic E-state index is 13.5. The summed E-state index contributed by atoms with van der Waals surface area (Å²) in [6.45, 7) is 6.96. The molecule has 0 saturated carbocycles. The van der Waals surface area contributed by atoms with Crippen molar-refractivity contribution in [3.63, 3.8) is 0 Å². The number of likely N-dealkylation sites (N-methyl/N-ethyl adjacent to an activating group) is 1. The monoisotopic (exact) mass is 1070 g/mol. The molecule has 75 heavy (non-hydrogen) atoms. The fourth-order valence-electron chi connectivity index (χ4n) is 8.74. The van der Waals surface area contributed by atoms with Gasteiger partial charge in [0.15, 0.2) is 0 Å². The van der Waals surface area contributed by atoms with Gasteiger partial charge < -0.3 is 19.4 Å². The summed E-state index contributed by atoms with van der Waals surface area (Å²) in [7, 11) is 1.47. The number of quaternary nitrogens is 1. The minimum atomic E-state index is -4.46. The third kappa shape index (κ3) is 56.0. The van der Waals surface area contributed by atoms with Gasteiger partial charge in [0.05, 0.1) is 33.8 Å². The number of ether oxygens (including phenoxy) is 1. The van der Waals surface area contributed by atoms with E-state index >= 15 is 0 Å². The summed E-state index contributed by atoms with van der Waals surface area (Å²) in [5.74, 6) is -0.541. The topological polar surface area (TPSA) is 111 Å². The Morgan fingerprint density at radius 3 is 1.27 bits per heavy atom. The highest BCUT2D eigenvalue weighted by Crippen LogP contribution is 2.43. The number of nitrogens with zero attached hydrogens (tertiary/aromatic N) is 1. The van der Waals surface area contributed by atoms with Crippen molar-refractivity contribution in [3.8, 4) is 0 Å². The molecule has 0 aromatic rings. The molecule has 0 fully saturated rings. The number of rotatable bonds is 56. The highest BCUT2D eigenvalue weighted by molar-refractivity contribution is 7.47. The van der Waals surface area contributed by atoms with E-state index in [0.717, 1.165) is 77.0 Å². The van der Waals surface area contributed by atoms with Gasteiger partial charge in [-0.05, 0) is 102 Å². The molecule has 1 amide bonds. The summed E-state index contributed by atoms with van der Waals surface area (Å²) in [4.78, 5) is 37.7. The Hall–Kier alpha value is -2.55. The van der Waals surface area contributed by atoms with E-state index in [1.165, 1.54) is 161 Å². The number of esters is 1. The average Bonchev–Trinajstić information content (AvgIpc) is 3.37.